The Hall–Kier alpha value is -1.18. The van der Waals surface area contributed by atoms with Crippen LogP contribution in [0.15, 0.2) is 0 Å². The van der Waals surface area contributed by atoms with E-state index >= 15 is 0 Å². The second kappa shape index (κ2) is 7.56. The van der Waals surface area contributed by atoms with Crippen LogP contribution in [0.25, 0.3) is 0 Å². The standard InChI is InChI=1S/C13H21NO6/c15-12(16)10-11(20-9-19-10)13(17)18-8-4-3-7-14-5-1-2-6-14/h10-11H,1-9H2,(H,15,16). The van der Waals surface area contributed by atoms with Crippen LogP contribution in [0.3, 0.4) is 0 Å². The summed E-state index contributed by atoms with van der Waals surface area (Å²) in [7, 11) is 0. The lowest BCUT2D eigenvalue weighted by atomic mass is 10.2. The molecule has 114 valence electrons. The Morgan fingerprint density at radius 1 is 1.15 bits per heavy atom. The molecular formula is C13H21NO6. The van der Waals surface area contributed by atoms with E-state index in [1.165, 1.54) is 12.8 Å². The summed E-state index contributed by atoms with van der Waals surface area (Å²) in [5.41, 5.74) is 0. The van der Waals surface area contributed by atoms with Crippen LogP contribution >= 0.6 is 0 Å². The van der Waals surface area contributed by atoms with Crippen molar-refractivity contribution in [2.45, 2.75) is 37.9 Å². The van der Waals surface area contributed by atoms with E-state index in [-0.39, 0.29) is 6.79 Å². The smallest absolute Gasteiger partial charge is 0.338 e. The van der Waals surface area contributed by atoms with Crippen molar-refractivity contribution in [2.75, 3.05) is 33.0 Å². The van der Waals surface area contributed by atoms with E-state index in [1.54, 1.807) is 0 Å². The van der Waals surface area contributed by atoms with Crippen molar-refractivity contribution >= 4 is 11.9 Å². The maximum Gasteiger partial charge on any atom is 0.338 e. The monoisotopic (exact) mass is 287 g/mol. The van der Waals surface area contributed by atoms with E-state index in [2.05, 4.69) is 4.90 Å². The highest BCUT2D eigenvalue weighted by molar-refractivity contribution is 5.85. The van der Waals surface area contributed by atoms with Crippen molar-refractivity contribution in [1.29, 1.82) is 0 Å². The van der Waals surface area contributed by atoms with Crippen LogP contribution in [-0.2, 0) is 23.8 Å². The van der Waals surface area contributed by atoms with Crippen molar-refractivity contribution in [1.82, 2.24) is 4.90 Å². The molecule has 2 aliphatic rings. The number of nitrogens with zero attached hydrogens (tertiary/aromatic N) is 1. The number of ether oxygens (including phenoxy) is 3. The number of hydrogen-bond acceptors (Lipinski definition) is 6. The molecule has 2 saturated heterocycles. The third-order valence-electron chi connectivity index (χ3n) is 3.56. The van der Waals surface area contributed by atoms with Crippen molar-refractivity contribution in [3.05, 3.63) is 0 Å². The summed E-state index contributed by atoms with van der Waals surface area (Å²) in [6.45, 7) is 3.45. The molecule has 0 bridgehead atoms. The summed E-state index contributed by atoms with van der Waals surface area (Å²) in [5, 5.41) is 8.85. The van der Waals surface area contributed by atoms with E-state index in [0.29, 0.717) is 6.61 Å². The number of carbonyl (C=O) groups excluding carboxylic acids is 1. The van der Waals surface area contributed by atoms with Crippen LogP contribution in [0.5, 0.6) is 0 Å². The molecule has 2 rings (SSSR count). The van der Waals surface area contributed by atoms with Crippen molar-refractivity contribution in [3.8, 4) is 0 Å². The largest absolute Gasteiger partial charge is 0.479 e. The van der Waals surface area contributed by atoms with Gasteiger partial charge in [0.05, 0.1) is 6.61 Å². The van der Waals surface area contributed by atoms with Crippen LogP contribution in [0.4, 0.5) is 0 Å². The number of unbranched alkanes of at least 4 members (excludes halogenated alkanes) is 1. The number of carboxylic acids is 1. The zero-order chi connectivity index (χ0) is 14.4. The van der Waals surface area contributed by atoms with Crippen LogP contribution in [-0.4, -0.2) is 67.2 Å². The first kappa shape index (κ1) is 15.2. The molecule has 2 atom stereocenters. The predicted molar refractivity (Wildman–Crippen MR) is 68.1 cm³/mol. The average Bonchev–Trinajstić information content (AvgIpc) is 3.09. The predicted octanol–water partition coefficient (Wildman–Crippen LogP) is 0.232. The molecule has 2 heterocycles. The van der Waals surface area contributed by atoms with Gasteiger partial charge in [-0.2, -0.15) is 0 Å². The SMILES string of the molecule is O=C(O)C1OCOC1C(=O)OCCCCN1CCCC1. The second-order valence-electron chi connectivity index (χ2n) is 5.05. The van der Waals surface area contributed by atoms with Gasteiger partial charge in [0, 0.05) is 0 Å². The lowest BCUT2D eigenvalue weighted by Gasteiger charge is -2.15. The lowest BCUT2D eigenvalue weighted by molar-refractivity contribution is -0.160. The fraction of sp³-hybridized carbons (Fsp3) is 0.846. The Morgan fingerprint density at radius 3 is 2.55 bits per heavy atom. The van der Waals surface area contributed by atoms with Crippen molar-refractivity contribution in [3.63, 3.8) is 0 Å². The topological polar surface area (TPSA) is 85.3 Å². The Morgan fingerprint density at radius 2 is 1.85 bits per heavy atom. The molecule has 0 aliphatic carbocycles. The van der Waals surface area contributed by atoms with E-state index in [4.69, 9.17) is 19.3 Å². The van der Waals surface area contributed by atoms with E-state index < -0.39 is 24.1 Å². The fourth-order valence-electron chi connectivity index (χ4n) is 2.45. The summed E-state index contributed by atoms with van der Waals surface area (Å²) < 4.78 is 14.8. The molecule has 0 radical (unpaired) electrons. The van der Waals surface area contributed by atoms with Crippen LogP contribution < -0.4 is 0 Å². The maximum absolute atomic E-state index is 11.7. The van der Waals surface area contributed by atoms with Crippen LogP contribution in [0, 0.1) is 0 Å². The molecular weight excluding hydrogens is 266 g/mol. The third-order valence-corrected chi connectivity index (χ3v) is 3.56. The molecule has 7 nitrogen and oxygen atoms in total. The molecule has 0 aromatic heterocycles. The average molecular weight is 287 g/mol. The highest BCUT2D eigenvalue weighted by Crippen LogP contribution is 2.15. The highest BCUT2D eigenvalue weighted by atomic mass is 16.7. The van der Waals surface area contributed by atoms with Gasteiger partial charge in [-0.25, -0.2) is 9.59 Å². The minimum atomic E-state index is -1.26. The summed E-state index contributed by atoms with van der Waals surface area (Å²) in [5.74, 6) is -1.87. The quantitative estimate of drug-likeness (QED) is 0.530. The Bertz CT molecular complexity index is 342. The number of carboxylic acid groups (broad SMARTS) is 1. The molecule has 7 heteroatoms. The van der Waals surface area contributed by atoms with Gasteiger partial charge in [-0.1, -0.05) is 0 Å². The summed E-state index contributed by atoms with van der Waals surface area (Å²) in [4.78, 5) is 24.9. The third kappa shape index (κ3) is 4.16. The molecule has 20 heavy (non-hydrogen) atoms. The lowest BCUT2D eigenvalue weighted by Crippen LogP contribution is -2.38. The van der Waals surface area contributed by atoms with Crippen LogP contribution in [0.2, 0.25) is 0 Å². The summed E-state index contributed by atoms with van der Waals surface area (Å²) in [6.07, 6.45) is 1.87. The van der Waals surface area contributed by atoms with Gasteiger partial charge in [0.15, 0.2) is 12.2 Å². The van der Waals surface area contributed by atoms with Crippen molar-refractivity contribution in [2.24, 2.45) is 0 Å². The maximum atomic E-state index is 11.7. The van der Waals surface area contributed by atoms with Gasteiger partial charge < -0.3 is 24.2 Å². The number of aliphatic carboxylic acids is 1. The van der Waals surface area contributed by atoms with Gasteiger partial charge >= 0.3 is 11.9 Å². The molecule has 1 N–H and O–H groups in total. The first-order valence-corrected chi connectivity index (χ1v) is 7.03. The van der Waals surface area contributed by atoms with Gasteiger partial charge in [0.2, 0.25) is 0 Å². The Labute approximate surface area is 117 Å². The minimum absolute atomic E-state index is 0.189. The molecule has 0 aromatic carbocycles. The Balaban J connectivity index is 1.58. The Kier molecular flexibility index (Phi) is 5.75. The molecule has 0 amide bonds. The van der Waals surface area contributed by atoms with Crippen LogP contribution in [0.1, 0.15) is 25.7 Å². The molecule has 2 fully saturated rings. The van der Waals surface area contributed by atoms with Gasteiger partial charge in [0.1, 0.15) is 6.79 Å². The van der Waals surface area contributed by atoms with Gasteiger partial charge in [-0.05, 0) is 45.3 Å². The van der Waals surface area contributed by atoms with E-state index in [1.807, 2.05) is 0 Å². The first-order valence-electron chi connectivity index (χ1n) is 7.03. The summed E-state index contributed by atoms with van der Waals surface area (Å²) in [6, 6.07) is 0. The number of carbonyl (C=O) groups is 2. The molecule has 2 aliphatic heterocycles. The van der Waals surface area contributed by atoms with Gasteiger partial charge in [-0.15, -0.1) is 0 Å². The molecule has 0 spiro atoms. The molecule has 0 aromatic rings. The fourth-order valence-corrected chi connectivity index (χ4v) is 2.45. The molecule has 0 saturated carbocycles. The molecule has 2 unspecified atom stereocenters. The van der Waals surface area contributed by atoms with Gasteiger partial charge in [0.25, 0.3) is 0 Å². The zero-order valence-electron chi connectivity index (χ0n) is 11.5. The highest BCUT2D eigenvalue weighted by Gasteiger charge is 2.41. The van der Waals surface area contributed by atoms with Crippen molar-refractivity contribution < 1.29 is 28.9 Å². The number of likely N-dealkylation sites (tertiary alicyclic amines) is 1. The zero-order valence-corrected chi connectivity index (χ0v) is 11.5. The first-order chi connectivity index (χ1) is 9.68. The number of esters is 1. The number of hydrogen-bond donors (Lipinski definition) is 1. The minimum Gasteiger partial charge on any atom is -0.479 e. The number of rotatable bonds is 7. The van der Waals surface area contributed by atoms with Gasteiger partial charge in [-0.3, -0.25) is 0 Å². The summed E-state index contributed by atoms with van der Waals surface area (Å²) >= 11 is 0. The van der Waals surface area contributed by atoms with E-state index in [9.17, 15) is 9.59 Å². The second-order valence-corrected chi connectivity index (χ2v) is 5.05. The normalized spacial score (nSPS) is 26.8. The van der Waals surface area contributed by atoms with E-state index in [0.717, 1.165) is 32.5 Å².